The highest BCUT2D eigenvalue weighted by Gasteiger charge is 2.19. The summed E-state index contributed by atoms with van der Waals surface area (Å²) >= 11 is 0. The van der Waals surface area contributed by atoms with Crippen molar-refractivity contribution in [2.45, 2.75) is 25.9 Å². The molecule has 5 heteroatoms. The molecule has 1 aromatic carbocycles. The predicted molar refractivity (Wildman–Crippen MR) is 62.8 cm³/mol. The number of hydrogen-bond acceptors (Lipinski definition) is 3. The van der Waals surface area contributed by atoms with Crippen molar-refractivity contribution in [2.75, 3.05) is 0 Å². The van der Waals surface area contributed by atoms with Gasteiger partial charge in [-0.1, -0.05) is 18.1 Å². The highest BCUT2D eigenvalue weighted by molar-refractivity contribution is 5.36. The van der Waals surface area contributed by atoms with Gasteiger partial charge in [-0.3, -0.25) is 15.4 Å². The average Bonchev–Trinajstić information content (AvgIpc) is 2.27. The van der Waals surface area contributed by atoms with Crippen molar-refractivity contribution < 1.29 is 9.31 Å². The normalized spacial score (nSPS) is 10.9. The molecule has 1 aromatic rings. The topological polar surface area (TPSA) is 55.2 Å². The van der Waals surface area contributed by atoms with Crippen molar-refractivity contribution in [3.63, 3.8) is 0 Å². The third-order valence-electron chi connectivity index (χ3n) is 2.34. The molecule has 1 rings (SSSR count). The molecular weight excluding hydrogens is 223 g/mol. The van der Waals surface area contributed by atoms with Crippen LogP contribution in [0.5, 0.6) is 0 Å². The molecule has 1 N–H and O–H groups in total. The summed E-state index contributed by atoms with van der Waals surface area (Å²) in [5.41, 5.74) is -0.887. The fourth-order valence-electron chi connectivity index (χ4n) is 1.21. The Kier molecular flexibility index (Phi) is 3.81. The van der Waals surface area contributed by atoms with Gasteiger partial charge in [-0.25, -0.2) is 0 Å². The van der Waals surface area contributed by atoms with Crippen molar-refractivity contribution in [2.24, 2.45) is 0 Å². The Bertz CT molecular complexity index is 478. The molecule has 0 saturated heterocycles. The van der Waals surface area contributed by atoms with Crippen LogP contribution in [0.25, 0.3) is 0 Å². The highest BCUT2D eigenvalue weighted by Crippen LogP contribution is 2.20. The second-order valence-electron chi connectivity index (χ2n) is 4.13. The van der Waals surface area contributed by atoms with E-state index in [1.165, 1.54) is 12.1 Å². The van der Waals surface area contributed by atoms with Gasteiger partial charge in [0, 0.05) is 18.2 Å². The van der Waals surface area contributed by atoms with E-state index in [-0.39, 0.29) is 12.1 Å². The predicted octanol–water partition coefficient (Wildman–Crippen LogP) is 2.24. The Morgan fingerprint density at radius 2 is 2.24 bits per heavy atom. The molecule has 0 radical (unpaired) electrons. The molecule has 0 aromatic heterocycles. The minimum atomic E-state index is -0.821. The Balaban J connectivity index is 2.91. The first kappa shape index (κ1) is 13.1. The summed E-state index contributed by atoms with van der Waals surface area (Å²) in [6.07, 6.45) is 5.27. The number of nitro benzene ring substituents is 1. The highest BCUT2D eigenvalue weighted by atomic mass is 19.1. The van der Waals surface area contributed by atoms with Crippen LogP contribution in [0.3, 0.4) is 0 Å². The van der Waals surface area contributed by atoms with Crippen LogP contribution in [-0.2, 0) is 6.54 Å². The van der Waals surface area contributed by atoms with E-state index in [9.17, 15) is 14.5 Å². The molecule has 90 valence electrons. The van der Waals surface area contributed by atoms with Crippen LogP contribution in [0.4, 0.5) is 10.1 Å². The van der Waals surface area contributed by atoms with Gasteiger partial charge in [0.2, 0.25) is 5.82 Å². The number of nitro groups is 1. The first-order valence-electron chi connectivity index (χ1n) is 5.02. The number of rotatable bonds is 4. The Morgan fingerprint density at radius 1 is 1.59 bits per heavy atom. The van der Waals surface area contributed by atoms with Gasteiger partial charge >= 0.3 is 5.69 Å². The molecule has 4 nitrogen and oxygen atoms in total. The third kappa shape index (κ3) is 3.26. The largest absolute Gasteiger partial charge is 0.305 e. The molecule has 0 fully saturated rings. The van der Waals surface area contributed by atoms with Gasteiger partial charge in [0.25, 0.3) is 0 Å². The van der Waals surface area contributed by atoms with Crippen LogP contribution in [0.1, 0.15) is 19.4 Å². The molecule has 0 unspecified atom stereocenters. The second kappa shape index (κ2) is 4.93. The van der Waals surface area contributed by atoms with E-state index in [0.717, 1.165) is 6.07 Å². The van der Waals surface area contributed by atoms with Gasteiger partial charge in [-0.15, -0.1) is 6.42 Å². The van der Waals surface area contributed by atoms with E-state index in [1.807, 2.05) is 0 Å². The fourth-order valence-corrected chi connectivity index (χ4v) is 1.21. The van der Waals surface area contributed by atoms with Crippen molar-refractivity contribution in [1.82, 2.24) is 5.32 Å². The van der Waals surface area contributed by atoms with Crippen LogP contribution in [0.2, 0.25) is 0 Å². The van der Waals surface area contributed by atoms with E-state index < -0.39 is 22.0 Å². The number of nitrogens with zero attached hydrogens (tertiary/aromatic N) is 1. The first-order chi connectivity index (χ1) is 7.87. The quantitative estimate of drug-likeness (QED) is 0.495. The molecule has 0 aliphatic rings. The number of benzene rings is 1. The minimum absolute atomic E-state index is 0.144. The SMILES string of the molecule is C#CC(C)(C)NCc1cccc([N+](=O)[O-])c1F. The maximum Gasteiger partial charge on any atom is 0.305 e. The lowest BCUT2D eigenvalue weighted by Crippen LogP contribution is -2.37. The van der Waals surface area contributed by atoms with Crippen molar-refractivity contribution in [1.29, 1.82) is 0 Å². The summed E-state index contributed by atoms with van der Waals surface area (Å²) in [5, 5.41) is 13.5. The van der Waals surface area contributed by atoms with Crippen molar-refractivity contribution in [3.05, 3.63) is 39.7 Å². The Morgan fingerprint density at radius 3 is 2.76 bits per heavy atom. The maximum atomic E-state index is 13.7. The van der Waals surface area contributed by atoms with Gasteiger partial charge in [0.15, 0.2) is 0 Å². The fraction of sp³-hybridized carbons (Fsp3) is 0.333. The van der Waals surface area contributed by atoms with Crippen molar-refractivity contribution >= 4 is 5.69 Å². The number of nitrogens with one attached hydrogen (secondary N) is 1. The average molecular weight is 236 g/mol. The zero-order valence-electron chi connectivity index (χ0n) is 9.66. The molecule has 0 saturated carbocycles. The molecule has 0 atom stereocenters. The van der Waals surface area contributed by atoms with E-state index in [4.69, 9.17) is 6.42 Å². The van der Waals surface area contributed by atoms with E-state index in [1.54, 1.807) is 13.8 Å². The molecule has 0 heterocycles. The summed E-state index contributed by atoms with van der Waals surface area (Å²) < 4.78 is 13.7. The third-order valence-corrected chi connectivity index (χ3v) is 2.34. The van der Waals surface area contributed by atoms with Gasteiger partial charge in [-0.2, -0.15) is 4.39 Å². The first-order valence-corrected chi connectivity index (χ1v) is 5.02. The summed E-state index contributed by atoms with van der Waals surface area (Å²) in [5.74, 6) is 1.68. The van der Waals surface area contributed by atoms with E-state index in [0.29, 0.717) is 0 Å². The Hall–Kier alpha value is -1.93. The van der Waals surface area contributed by atoms with Crippen LogP contribution in [0.15, 0.2) is 18.2 Å². The molecule has 0 amide bonds. The molecule has 0 bridgehead atoms. The van der Waals surface area contributed by atoms with Crippen molar-refractivity contribution in [3.8, 4) is 12.3 Å². The number of halogens is 1. The van der Waals surface area contributed by atoms with Gasteiger partial charge in [0.05, 0.1) is 10.5 Å². The monoisotopic (exact) mass is 236 g/mol. The van der Waals surface area contributed by atoms with Gasteiger partial charge in [-0.05, 0) is 13.8 Å². The lowest BCUT2D eigenvalue weighted by Gasteiger charge is -2.19. The van der Waals surface area contributed by atoms with Crippen LogP contribution in [-0.4, -0.2) is 10.5 Å². The standard InChI is InChI=1S/C12H13FN2O2/c1-4-12(2,3)14-8-9-6-5-7-10(11(9)13)15(16)17/h1,5-7,14H,8H2,2-3H3. The van der Waals surface area contributed by atoms with Crippen LogP contribution >= 0.6 is 0 Å². The lowest BCUT2D eigenvalue weighted by atomic mass is 10.1. The maximum absolute atomic E-state index is 13.7. The minimum Gasteiger partial charge on any atom is -0.297 e. The van der Waals surface area contributed by atoms with Gasteiger partial charge < -0.3 is 0 Å². The van der Waals surface area contributed by atoms with E-state index >= 15 is 0 Å². The van der Waals surface area contributed by atoms with Crippen LogP contribution in [0, 0.1) is 28.3 Å². The molecule has 0 aliphatic carbocycles. The lowest BCUT2D eigenvalue weighted by molar-refractivity contribution is -0.387. The summed E-state index contributed by atoms with van der Waals surface area (Å²) in [7, 11) is 0. The number of terminal acetylenes is 1. The zero-order chi connectivity index (χ0) is 13.1. The van der Waals surface area contributed by atoms with Crippen LogP contribution < -0.4 is 5.32 Å². The zero-order valence-corrected chi connectivity index (χ0v) is 9.66. The Labute approximate surface area is 99.0 Å². The summed E-state index contributed by atoms with van der Waals surface area (Å²) in [4.78, 5) is 9.80. The molecule has 17 heavy (non-hydrogen) atoms. The smallest absolute Gasteiger partial charge is 0.297 e. The van der Waals surface area contributed by atoms with E-state index in [2.05, 4.69) is 11.2 Å². The summed E-state index contributed by atoms with van der Waals surface area (Å²) in [6, 6.07) is 4.06. The summed E-state index contributed by atoms with van der Waals surface area (Å²) in [6.45, 7) is 3.68. The second-order valence-corrected chi connectivity index (χ2v) is 4.13. The molecular formula is C12H13FN2O2. The molecule has 0 spiro atoms. The number of hydrogen-bond donors (Lipinski definition) is 1. The molecule has 0 aliphatic heterocycles. The van der Waals surface area contributed by atoms with Gasteiger partial charge in [0.1, 0.15) is 0 Å².